The molecule has 0 unspecified atom stereocenters. The molecular formula is C29H33N5O. The van der Waals surface area contributed by atoms with Crippen LogP contribution >= 0.6 is 0 Å². The molecule has 0 saturated carbocycles. The van der Waals surface area contributed by atoms with E-state index >= 15 is 0 Å². The summed E-state index contributed by atoms with van der Waals surface area (Å²) in [6, 6.07) is 19.0. The molecule has 4 heterocycles. The topological polar surface area (TPSA) is 44.1 Å². The van der Waals surface area contributed by atoms with E-state index in [0.717, 1.165) is 74.5 Å². The Kier molecular flexibility index (Phi) is 5.59. The smallest absolute Gasteiger partial charge is 0.227 e. The van der Waals surface area contributed by atoms with Gasteiger partial charge in [0.1, 0.15) is 0 Å². The number of carbonyl (C=O) groups excluding carboxylic acids is 1. The molecule has 0 radical (unpaired) electrons. The van der Waals surface area contributed by atoms with Crippen molar-refractivity contribution in [3.05, 3.63) is 71.9 Å². The molecule has 4 aromatic rings. The van der Waals surface area contributed by atoms with E-state index in [1.54, 1.807) is 0 Å². The number of nitrogens with zero attached hydrogens (tertiary/aromatic N) is 5. The van der Waals surface area contributed by atoms with Crippen molar-refractivity contribution in [1.82, 2.24) is 14.3 Å². The van der Waals surface area contributed by atoms with Crippen molar-refractivity contribution in [2.45, 2.75) is 26.7 Å². The van der Waals surface area contributed by atoms with Crippen molar-refractivity contribution in [2.24, 2.45) is 5.92 Å². The van der Waals surface area contributed by atoms with Gasteiger partial charge >= 0.3 is 0 Å². The van der Waals surface area contributed by atoms with Crippen LogP contribution in [0.4, 0.5) is 11.5 Å². The van der Waals surface area contributed by atoms with Crippen LogP contribution in [0.3, 0.4) is 0 Å². The van der Waals surface area contributed by atoms with E-state index in [1.807, 2.05) is 6.07 Å². The van der Waals surface area contributed by atoms with E-state index < -0.39 is 0 Å². The summed E-state index contributed by atoms with van der Waals surface area (Å²) < 4.78 is 2.22. The minimum atomic E-state index is 0.0271. The first-order chi connectivity index (χ1) is 17.1. The Hall–Kier alpha value is -3.54. The third-order valence-electron chi connectivity index (χ3n) is 7.92. The van der Waals surface area contributed by atoms with E-state index in [2.05, 4.69) is 87.7 Å². The van der Waals surface area contributed by atoms with Crippen molar-refractivity contribution in [1.29, 1.82) is 0 Å². The van der Waals surface area contributed by atoms with Crippen LogP contribution in [0.2, 0.25) is 0 Å². The van der Waals surface area contributed by atoms with Gasteiger partial charge in [0.15, 0.2) is 5.82 Å². The molecule has 6 nitrogen and oxygen atoms in total. The number of rotatable bonds is 3. The molecule has 2 aromatic heterocycles. The maximum Gasteiger partial charge on any atom is 0.227 e. The zero-order chi connectivity index (χ0) is 23.9. The van der Waals surface area contributed by atoms with Crippen molar-refractivity contribution < 1.29 is 4.79 Å². The fourth-order valence-electron chi connectivity index (χ4n) is 5.81. The Bertz CT molecular complexity index is 1380. The third kappa shape index (κ3) is 3.91. The second-order valence-corrected chi connectivity index (χ2v) is 10.0. The number of fused-ring (bicyclic) bond motifs is 3. The molecule has 6 heteroatoms. The van der Waals surface area contributed by atoms with Gasteiger partial charge in [-0.2, -0.15) is 0 Å². The summed E-state index contributed by atoms with van der Waals surface area (Å²) in [4.78, 5) is 25.5. The van der Waals surface area contributed by atoms with Crippen molar-refractivity contribution in [3.63, 3.8) is 0 Å². The standard InChI is InChI=1S/C29H33N5O/c1-21-8-5-12-25(22(21)2)31-16-18-32(19-17-31)29(35)23-9-6-14-33(20-23)28-27-13-7-15-34(27)26-11-4-3-10-24(26)30-28/h3-5,7-8,10-13,15,23H,6,9,14,16-20H2,1-2H3/t23-/m1/s1. The zero-order valence-corrected chi connectivity index (χ0v) is 20.7. The van der Waals surface area contributed by atoms with E-state index in [1.165, 1.54) is 16.8 Å². The SMILES string of the molecule is Cc1cccc(N2CCN(C(=O)[C@@H]3CCCN(c4nc5ccccc5n5cccc45)C3)CC2)c1C. The number of piperazine rings is 1. The molecule has 0 bridgehead atoms. The lowest BCUT2D eigenvalue weighted by atomic mass is 9.96. The van der Waals surface area contributed by atoms with Gasteiger partial charge in [-0.25, -0.2) is 4.98 Å². The minimum Gasteiger partial charge on any atom is -0.368 e. The van der Waals surface area contributed by atoms with E-state index in [4.69, 9.17) is 4.98 Å². The van der Waals surface area contributed by atoms with E-state index in [9.17, 15) is 4.79 Å². The predicted octanol–water partition coefficient (Wildman–Crippen LogP) is 4.67. The minimum absolute atomic E-state index is 0.0271. The van der Waals surface area contributed by atoms with E-state index in [0.29, 0.717) is 5.91 Å². The second-order valence-electron chi connectivity index (χ2n) is 10.0. The van der Waals surface area contributed by atoms with Crippen LogP contribution in [0, 0.1) is 19.8 Å². The molecule has 2 fully saturated rings. The highest BCUT2D eigenvalue weighted by molar-refractivity contribution is 5.86. The Morgan fingerprint density at radius 2 is 1.66 bits per heavy atom. The van der Waals surface area contributed by atoms with Gasteiger partial charge in [-0.15, -0.1) is 0 Å². The lowest BCUT2D eigenvalue weighted by Crippen LogP contribution is -2.52. The molecule has 0 spiro atoms. The van der Waals surface area contributed by atoms with Crippen molar-refractivity contribution in [2.75, 3.05) is 49.1 Å². The molecule has 2 saturated heterocycles. The number of hydrogen-bond acceptors (Lipinski definition) is 4. The molecule has 2 aromatic carbocycles. The number of aromatic nitrogens is 2. The van der Waals surface area contributed by atoms with Gasteiger partial charge in [0.05, 0.1) is 22.5 Å². The quantitative estimate of drug-likeness (QED) is 0.439. The summed E-state index contributed by atoms with van der Waals surface area (Å²) in [6.07, 6.45) is 4.07. The summed E-state index contributed by atoms with van der Waals surface area (Å²) in [6.45, 7) is 9.41. The molecule has 1 atom stereocenters. The fourth-order valence-corrected chi connectivity index (χ4v) is 5.81. The molecule has 0 N–H and O–H groups in total. The lowest BCUT2D eigenvalue weighted by molar-refractivity contribution is -0.136. The van der Waals surface area contributed by atoms with Gasteiger partial charge < -0.3 is 19.1 Å². The first-order valence-electron chi connectivity index (χ1n) is 12.8. The average Bonchev–Trinajstić information content (AvgIpc) is 3.40. The Morgan fingerprint density at radius 3 is 2.51 bits per heavy atom. The number of para-hydroxylation sites is 2. The highest BCUT2D eigenvalue weighted by atomic mass is 16.2. The number of hydrogen-bond donors (Lipinski definition) is 0. The lowest BCUT2D eigenvalue weighted by Gasteiger charge is -2.40. The Balaban J connectivity index is 1.18. The summed E-state index contributed by atoms with van der Waals surface area (Å²) in [5.41, 5.74) is 7.18. The summed E-state index contributed by atoms with van der Waals surface area (Å²) in [5, 5.41) is 0. The van der Waals surface area contributed by atoms with Crippen LogP contribution in [-0.4, -0.2) is 59.5 Å². The van der Waals surface area contributed by atoms with Gasteiger partial charge in [0, 0.05) is 51.2 Å². The fraction of sp³-hybridized carbons (Fsp3) is 0.379. The number of carbonyl (C=O) groups is 1. The van der Waals surface area contributed by atoms with Gasteiger partial charge in [0.2, 0.25) is 5.91 Å². The van der Waals surface area contributed by atoms with Crippen molar-refractivity contribution in [3.8, 4) is 0 Å². The largest absolute Gasteiger partial charge is 0.368 e. The highest BCUT2D eigenvalue weighted by Gasteiger charge is 2.32. The first-order valence-corrected chi connectivity index (χ1v) is 12.8. The Labute approximate surface area is 206 Å². The molecule has 2 aliphatic heterocycles. The molecule has 2 aliphatic rings. The average molecular weight is 468 g/mol. The number of benzene rings is 2. The number of piperidine rings is 1. The monoisotopic (exact) mass is 467 g/mol. The zero-order valence-electron chi connectivity index (χ0n) is 20.7. The summed E-state index contributed by atoms with van der Waals surface area (Å²) in [5.74, 6) is 1.33. The van der Waals surface area contributed by atoms with Crippen LogP contribution in [0.25, 0.3) is 16.6 Å². The third-order valence-corrected chi connectivity index (χ3v) is 7.92. The molecular weight excluding hydrogens is 434 g/mol. The normalized spacial score (nSPS) is 19.0. The van der Waals surface area contributed by atoms with Gasteiger partial charge in [-0.1, -0.05) is 24.3 Å². The van der Waals surface area contributed by atoms with Gasteiger partial charge in [-0.05, 0) is 68.1 Å². The molecule has 35 heavy (non-hydrogen) atoms. The maximum absolute atomic E-state index is 13.6. The van der Waals surface area contributed by atoms with Crippen LogP contribution in [0.15, 0.2) is 60.8 Å². The molecule has 0 aliphatic carbocycles. The van der Waals surface area contributed by atoms with Crippen LogP contribution in [-0.2, 0) is 4.79 Å². The van der Waals surface area contributed by atoms with Crippen LogP contribution in [0.1, 0.15) is 24.0 Å². The van der Waals surface area contributed by atoms with Gasteiger partial charge in [-0.3, -0.25) is 4.79 Å². The van der Waals surface area contributed by atoms with E-state index in [-0.39, 0.29) is 5.92 Å². The molecule has 180 valence electrons. The number of amides is 1. The maximum atomic E-state index is 13.6. The first kappa shape index (κ1) is 22.0. The highest BCUT2D eigenvalue weighted by Crippen LogP contribution is 2.30. The molecule has 6 rings (SSSR count). The molecule has 1 amide bonds. The number of anilines is 2. The number of aryl methyl sites for hydroxylation is 1. The van der Waals surface area contributed by atoms with Crippen LogP contribution in [0.5, 0.6) is 0 Å². The summed E-state index contributed by atoms with van der Waals surface area (Å²) >= 11 is 0. The second kappa shape index (κ2) is 8.91. The van der Waals surface area contributed by atoms with Crippen LogP contribution < -0.4 is 9.80 Å². The Morgan fingerprint density at radius 1 is 0.857 bits per heavy atom. The van der Waals surface area contributed by atoms with Gasteiger partial charge in [0.25, 0.3) is 0 Å². The summed E-state index contributed by atoms with van der Waals surface area (Å²) in [7, 11) is 0. The van der Waals surface area contributed by atoms with Crippen molar-refractivity contribution >= 4 is 34.0 Å². The predicted molar refractivity (Wildman–Crippen MR) is 142 cm³/mol.